The number of rotatable bonds is 2. The molecule has 0 aromatic heterocycles. The van der Waals surface area contributed by atoms with E-state index in [4.69, 9.17) is 9.47 Å². The van der Waals surface area contributed by atoms with Gasteiger partial charge in [0.05, 0.1) is 12.2 Å². The van der Waals surface area contributed by atoms with Crippen molar-refractivity contribution in [2.75, 3.05) is 0 Å². The van der Waals surface area contributed by atoms with Crippen LogP contribution in [0.3, 0.4) is 0 Å². The van der Waals surface area contributed by atoms with E-state index in [1.165, 1.54) is 11.1 Å². The van der Waals surface area contributed by atoms with Gasteiger partial charge in [0.2, 0.25) is 0 Å². The molecule has 6 heteroatoms. The summed E-state index contributed by atoms with van der Waals surface area (Å²) in [4.78, 5) is 0. The van der Waals surface area contributed by atoms with Gasteiger partial charge in [-0.15, -0.1) is 0 Å². The Bertz CT molecular complexity index is 798. The van der Waals surface area contributed by atoms with E-state index in [1.54, 1.807) is 6.92 Å². The molecule has 6 nitrogen and oxygen atoms in total. The van der Waals surface area contributed by atoms with Crippen LogP contribution in [0.5, 0.6) is 5.75 Å². The lowest BCUT2D eigenvalue weighted by molar-refractivity contribution is -0.312. The number of benzene rings is 1. The highest BCUT2D eigenvalue weighted by Gasteiger charge is 2.56. The summed E-state index contributed by atoms with van der Waals surface area (Å²) in [5.41, 5.74) is 2.72. The van der Waals surface area contributed by atoms with E-state index in [0.29, 0.717) is 23.5 Å². The zero-order valence-corrected chi connectivity index (χ0v) is 17.8. The van der Waals surface area contributed by atoms with Gasteiger partial charge in [0, 0.05) is 0 Å². The maximum atomic E-state index is 10.4. The molecule has 0 bridgehead atoms. The van der Waals surface area contributed by atoms with Crippen molar-refractivity contribution in [3.05, 3.63) is 29.3 Å². The third-order valence-electron chi connectivity index (χ3n) is 8.73. The summed E-state index contributed by atoms with van der Waals surface area (Å²) in [7, 11) is 0. The molecule has 4 aliphatic rings. The summed E-state index contributed by atoms with van der Waals surface area (Å²) in [6.45, 7) is 4.01. The van der Waals surface area contributed by atoms with Gasteiger partial charge in [0.1, 0.15) is 24.1 Å². The van der Waals surface area contributed by atoms with Crippen LogP contribution in [0.25, 0.3) is 0 Å². The number of hydrogen-bond donors (Lipinski definition) is 4. The van der Waals surface area contributed by atoms with Gasteiger partial charge < -0.3 is 29.9 Å². The maximum absolute atomic E-state index is 10.4. The van der Waals surface area contributed by atoms with Crippen molar-refractivity contribution in [1.82, 2.24) is 0 Å². The number of phenols is 1. The van der Waals surface area contributed by atoms with E-state index >= 15 is 0 Å². The molecular formula is C24H34O6. The van der Waals surface area contributed by atoms with E-state index in [9.17, 15) is 20.4 Å². The summed E-state index contributed by atoms with van der Waals surface area (Å²) >= 11 is 0. The van der Waals surface area contributed by atoms with Crippen LogP contribution in [0.15, 0.2) is 18.2 Å². The molecule has 1 aliphatic heterocycles. The smallest absolute Gasteiger partial charge is 0.186 e. The second-order valence-electron chi connectivity index (χ2n) is 10.2. The molecule has 0 amide bonds. The molecule has 166 valence electrons. The zero-order chi connectivity index (χ0) is 21.2. The number of aliphatic hydroxyl groups is 3. The van der Waals surface area contributed by atoms with Crippen molar-refractivity contribution in [1.29, 1.82) is 0 Å². The molecule has 1 aromatic carbocycles. The first kappa shape index (κ1) is 20.7. The van der Waals surface area contributed by atoms with Crippen molar-refractivity contribution in [3.8, 4) is 5.75 Å². The van der Waals surface area contributed by atoms with Gasteiger partial charge in [-0.3, -0.25) is 0 Å². The van der Waals surface area contributed by atoms with Gasteiger partial charge in [-0.25, -0.2) is 0 Å². The Balaban J connectivity index is 1.34. The molecular weight excluding hydrogens is 384 g/mol. The highest BCUT2D eigenvalue weighted by molar-refractivity contribution is 5.40. The van der Waals surface area contributed by atoms with Gasteiger partial charge in [-0.2, -0.15) is 0 Å². The Morgan fingerprint density at radius 2 is 1.83 bits per heavy atom. The predicted molar refractivity (Wildman–Crippen MR) is 110 cm³/mol. The molecule has 0 unspecified atom stereocenters. The van der Waals surface area contributed by atoms with Crippen molar-refractivity contribution in [2.24, 2.45) is 17.3 Å². The molecule has 1 aromatic rings. The lowest BCUT2D eigenvalue weighted by Gasteiger charge is -2.51. The van der Waals surface area contributed by atoms with E-state index < -0.39 is 30.7 Å². The number of aliphatic hydroxyl groups excluding tert-OH is 3. The largest absolute Gasteiger partial charge is 0.508 e. The Labute approximate surface area is 177 Å². The molecule has 3 aliphatic carbocycles. The summed E-state index contributed by atoms with van der Waals surface area (Å²) in [6.07, 6.45) is 1.18. The molecule has 4 N–H and O–H groups in total. The summed E-state index contributed by atoms with van der Waals surface area (Å²) in [5, 5.41) is 40.4. The van der Waals surface area contributed by atoms with Crippen LogP contribution in [0.2, 0.25) is 0 Å². The van der Waals surface area contributed by atoms with Crippen molar-refractivity contribution >= 4 is 0 Å². The molecule has 1 heterocycles. The third-order valence-corrected chi connectivity index (χ3v) is 8.73. The molecule has 1 saturated heterocycles. The Morgan fingerprint density at radius 1 is 1.03 bits per heavy atom. The number of fused-ring (bicyclic) bond motifs is 5. The van der Waals surface area contributed by atoms with E-state index in [2.05, 4.69) is 13.0 Å². The Morgan fingerprint density at radius 3 is 2.63 bits per heavy atom. The van der Waals surface area contributed by atoms with Crippen LogP contribution >= 0.6 is 0 Å². The second kappa shape index (κ2) is 7.45. The van der Waals surface area contributed by atoms with Crippen LogP contribution in [-0.2, 0) is 15.9 Å². The minimum Gasteiger partial charge on any atom is -0.508 e. The fourth-order valence-corrected chi connectivity index (χ4v) is 7.03. The van der Waals surface area contributed by atoms with E-state index in [-0.39, 0.29) is 11.5 Å². The first-order valence-corrected chi connectivity index (χ1v) is 11.5. The van der Waals surface area contributed by atoms with E-state index in [0.717, 1.165) is 38.5 Å². The maximum Gasteiger partial charge on any atom is 0.186 e. The van der Waals surface area contributed by atoms with Gasteiger partial charge in [0.25, 0.3) is 0 Å². The Kier molecular flexibility index (Phi) is 5.14. The summed E-state index contributed by atoms with van der Waals surface area (Å²) in [6, 6.07) is 5.87. The predicted octanol–water partition coefficient (Wildman–Crippen LogP) is 2.46. The van der Waals surface area contributed by atoms with Crippen LogP contribution < -0.4 is 0 Å². The van der Waals surface area contributed by atoms with Gasteiger partial charge in [-0.1, -0.05) is 13.0 Å². The average Bonchev–Trinajstić information content (AvgIpc) is 3.06. The fourth-order valence-electron chi connectivity index (χ4n) is 7.03. The lowest BCUT2D eigenvalue weighted by atomic mass is 9.55. The van der Waals surface area contributed by atoms with Crippen LogP contribution in [0.4, 0.5) is 0 Å². The number of ether oxygens (including phenoxy) is 2. The highest BCUT2D eigenvalue weighted by atomic mass is 16.7. The third kappa shape index (κ3) is 3.11. The molecule has 2 saturated carbocycles. The van der Waals surface area contributed by atoms with Crippen LogP contribution in [0.1, 0.15) is 63.0 Å². The topological polar surface area (TPSA) is 99.4 Å². The SMILES string of the molecule is C[C@H]1O[C@@H](O[C@H]2CC[C@H]3[C@@H]4CCc5cc(O)ccc5[C@H]4CC[C@]23C)[C@H](O)[C@@H](O)[C@@H]1O. The van der Waals surface area contributed by atoms with Gasteiger partial charge in [0.15, 0.2) is 6.29 Å². The molecule has 5 rings (SSSR count). The number of aryl methyl sites for hydroxylation is 1. The minimum absolute atomic E-state index is 0.0168. The van der Waals surface area contributed by atoms with Crippen molar-refractivity contribution in [2.45, 2.75) is 95.1 Å². The highest BCUT2D eigenvalue weighted by Crippen LogP contribution is 2.61. The monoisotopic (exact) mass is 418 g/mol. The first-order chi connectivity index (χ1) is 14.3. The van der Waals surface area contributed by atoms with Gasteiger partial charge >= 0.3 is 0 Å². The number of hydrogen-bond acceptors (Lipinski definition) is 6. The summed E-state index contributed by atoms with van der Waals surface area (Å²) in [5.74, 6) is 2.06. The normalized spacial score (nSPS) is 48.0. The second-order valence-corrected chi connectivity index (χ2v) is 10.2. The Hall–Kier alpha value is -1.18. The van der Waals surface area contributed by atoms with Crippen molar-refractivity contribution < 1.29 is 29.9 Å². The molecule has 30 heavy (non-hydrogen) atoms. The molecule has 3 fully saturated rings. The van der Waals surface area contributed by atoms with Crippen molar-refractivity contribution in [3.63, 3.8) is 0 Å². The number of aromatic hydroxyl groups is 1. The molecule has 0 radical (unpaired) electrons. The fraction of sp³-hybridized carbons (Fsp3) is 0.750. The number of phenolic OH excluding ortho intramolecular Hbond substituents is 1. The van der Waals surface area contributed by atoms with E-state index in [1.807, 2.05) is 12.1 Å². The quantitative estimate of drug-likeness (QED) is 0.589. The average molecular weight is 419 g/mol. The van der Waals surface area contributed by atoms with Crippen LogP contribution in [0, 0.1) is 17.3 Å². The summed E-state index contributed by atoms with van der Waals surface area (Å²) < 4.78 is 12.0. The molecule has 10 atom stereocenters. The minimum atomic E-state index is -1.26. The zero-order valence-electron chi connectivity index (χ0n) is 17.8. The lowest BCUT2D eigenvalue weighted by Crippen LogP contribution is -2.58. The standard InChI is InChI=1S/C24H34O6/c1-12-20(26)21(27)22(28)23(29-12)30-19-8-7-18-17-5-3-13-11-14(25)4-6-15(13)16(17)9-10-24(18,19)2/h4,6,11-12,16-23,25-28H,3,5,7-10H2,1-2H3/t12-,16-,17-,18+,19+,20-,21+,22-,23+,24+/m1/s1. The van der Waals surface area contributed by atoms with Gasteiger partial charge in [-0.05, 0) is 91.9 Å². The van der Waals surface area contributed by atoms with Crippen LogP contribution in [-0.4, -0.2) is 57.2 Å². The molecule has 0 spiro atoms. The first-order valence-electron chi connectivity index (χ1n) is 11.5.